The van der Waals surface area contributed by atoms with E-state index in [2.05, 4.69) is 12.2 Å². The van der Waals surface area contributed by atoms with Gasteiger partial charge in [0.1, 0.15) is 11.6 Å². The van der Waals surface area contributed by atoms with E-state index in [0.717, 1.165) is 19.4 Å². The van der Waals surface area contributed by atoms with Gasteiger partial charge in [0.05, 0.1) is 6.61 Å². The second-order valence-corrected chi connectivity index (χ2v) is 5.18. The molecule has 0 amide bonds. The smallest absolute Gasteiger partial charge is 0.323 e. The molecule has 0 aromatic carbocycles. The molecule has 1 atom stereocenters. The number of nitrogens with one attached hydrogen (secondary N) is 1. The van der Waals surface area contributed by atoms with E-state index in [0.29, 0.717) is 13.2 Å². The summed E-state index contributed by atoms with van der Waals surface area (Å²) in [6.45, 7) is 11.6. The standard InChI is InChI=1S/C13H27NO3/c1-6-7-9-16-10-8-14-11(2)12(15)17-13(3,4)5/h11,14H,6-10H2,1-5H3. The lowest BCUT2D eigenvalue weighted by Gasteiger charge is -2.22. The van der Waals surface area contributed by atoms with Gasteiger partial charge in [0, 0.05) is 13.2 Å². The lowest BCUT2D eigenvalue weighted by atomic mass is 10.2. The SMILES string of the molecule is CCCCOCCNC(C)C(=O)OC(C)(C)C. The third-order valence-corrected chi connectivity index (χ3v) is 2.10. The van der Waals surface area contributed by atoms with Crippen LogP contribution >= 0.6 is 0 Å². The third-order valence-electron chi connectivity index (χ3n) is 2.10. The zero-order chi connectivity index (χ0) is 13.3. The molecule has 0 saturated heterocycles. The number of carbonyl (C=O) groups is 1. The van der Waals surface area contributed by atoms with E-state index in [4.69, 9.17) is 9.47 Å². The van der Waals surface area contributed by atoms with Gasteiger partial charge in [0.25, 0.3) is 0 Å². The quantitative estimate of drug-likeness (QED) is 0.525. The predicted octanol–water partition coefficient (Wildman–Crippen LogP) is 2.12. The molecule has 1 unspecified atom stereocenters. The Bertz CT molecular complexity index is 211. The molecule has 0 rings (SSSR count). The molecular formula is C13H27NO3. The molecule has 0 heterocycles. The minimum atomic E-state index is -0.426. The van der Waals surface area contributed by atoms with Crippen LogP contribution in [0.1, 0.15) is 47.5 Å². The maximum Gasteiger partial charge on any atom is 0.323 e. The first-order chi connectivity index (χ1) is 7.87. The molecule has 0 fully saturated rings. The van der Waals surface area contributed by atoms with Crippen molar-refractivity contribution in [3.05, 3.63) is 0 Å². The second-order valence-electron chi connectivity index (χ2n) is 5.18. The summed E-state index contributed by atoms with van der Waals surface area (Å²) in [6.07, 6.45) is 2.23. The fraction of sp³-hybridized carbons (Fsp3) is 0.923. The molecule has 17 heavy (non-hydrogen) atoms. The number of carbonyl (C=O) groups excluding carboxylic acids is 1. The van der Waals surface area contributed by atoms with Crippen molar-refractivity contribution >= 4 is 5.97 Å². The molecule has 0 aromatic heterocycles. The monoisotopic (exact) mass is 245 g/mol. The number of esters is 1. The highest BCUT2D eigenvalue weighted by atomic mass is 16.6. The predicted molar refractivity (Wildman–Crippen MR) is 69.0 cm³/mol. The highest BCUT2D eigenvalue weighted by Gasteiger charge is 2.20. The molecule has 0 saturated carbocycles. The third kappa shape index (κ3) is 10.3. The van der Waals surface area contributed by atoms with Gasteiger partial charge < -0.3 is 14.8 Å². The highest BCUT2D eigenvalue weighted by Crippen LogP contribution is 2.08. The van der Waals surface area contributed by atoms with Gasteiger partial charge in [-0.1, -0.05) is 13.3 Å². The van der Waals surface area contributed by atoms with Crippen molar-refractivity contribution in [2.45, 2.75) is 59.1 Å². The largest absolute Gasteiger partial charge is 0.459 e. The summed E-state index contributed by atoms with van der Waals surface area (Å²) < 4.78 is 10.6. The van der Waals surface area contributed by atoms with Gasteiger partial charge in [-0.2, -0.15) is 0 Å². The Labute approximate surface area is 105 Å². The highest BCUT2D eigenvalue weighted by molar-refractivity contribution is 5.75. The van der Waals surface area contributed by atoms with E-state index in [1.54, 1.807) is 6.92 Å². The maximum absolute atomic E-state index is 11.6. The van der Waals surface area contributed by atoms with Crippen molar-refractivity contribution in [2.24, 2.45) is 0 Å². The molecule has 0 aliphatic heterocycles. The fourth-order valence-electron chi connectivity index (χ4n) is 1.17. The van der Waals surface area contributed by atoms with Gasteiger partial charge in [-0.05, 0) is 34.1 Å². The van der Waals surface area contributed by atoms with Crippen LogP contribution in [0.2, 0.25) is 0 Å². The summed E-state index contributed by atoms with van der Waals surface area (Å²) >= 11 is 0. The molecule has 0 aromatic rings. The zero-order valence-electron chi connectivity index (χ0n) is 11.8. The average molecular weight is 245 g/mol. The summed E-state index contributed by atoms with van der Waals surface area (Å²) in [7, 11) is 0. The molecule has 0 bridgehead atoms. The lowest BCUT2D eigenvalue weighted by molar-refractivity contribution is -0.157. The minimum absolute atomic E-state index is 0.217. The number of ether oxygens (including phenoxy) is 2. The summed E-state index contributed by atoms with van der Waals surface area (Å²) in [5.41, 5.74) is -0.426. The van der Waals surface area contributed by atoms with Crippen molar-refractivity contribution in [3.8, 4) is 0 Å². The Morgan fingerprint density at radius 2 is 1.94 bits per heavy atom. The van der Waals surface area contributed by atoms with Crippen LogP contribution < -0.4 is 5.32 Å². The van der Waals surface area contributed by atoms with Crippen LogP contribution in [0, 0.1) is 0 Å². The van der Waals surface area contributed by atoms with Crippen molar-refractivity contribution in [1.29, 1.82) is 0 Å². The molecule has 0 spiro atoms. The van der Waals surface area contributed by atoms with E-state index in [1.807, 2.05) is 20.8 Å². The summed E-state index contributed by atoms with van der Waals surface area (Å²) in [6, 6.07) is -0.288. The van der Waals surface area contributed by atoms with E-state index >= 15 is 0 Å². The van der Waals surface area contributed by atoms with Gasteiger partial charge in [-0.15, -0.1) is 0 Å². The first-order valence-electron chi connectivity index (χ1n) is 6.41. The van der Waals surface area contributed by atoms with E-state index in [1.165, 1.54) is 0 Å². The number of rotatable bonds is 8. The van der Waals surface area contributed by atoms with Gasteiger partial charge in [0.2, 0.25) is 0 Å². The van der Waals surface area contributed by atoms with Gasteiger partial charge in [-0.25, -0.2) is 0 Å². The van der Waals surface area contributed by atoms with Crippen molar-refractivity contribution in [3.63, 3.8) is 0 Å². The fourth-order valence-corrected chi connectivity index (χ4v) is 1.17. The van der Waals surface area contributed by atoms with Crippen LogP contribution in [0.3, 0.4) is 0 Å². The maximum atomic E-state index is 11.6. The molecule has 4 nitrogen and oxygen atoms in total. The van der Waals surface area contributed by atoms with Gasteiger partial charge in [-0.3, -0.25) is 4.79 Å². The Morgan fingerprint density at radius 1 is 1.29 bits per heavy atom. The lowest BCUT2D eigenvalue weighted by Crippen LogP contribution is -2.40. The number of unbranched alkanes of at least 4 members (excludes halogenated alkanes) is 1. The average Bonchev–Trinajstić information content (AvgIpc) is 2.20. The first-order valence-corrected chi connectivity index (χ1v) is 6.41. The van der Waals surface area contributed by atoms with Crippen LogP contribution in [0.15, 0.2) is 0 Å². The van der Waals surface area contributed by atoms with Crippen molar-refractivity contribution in [2.75, 3.05) is 19.8 Å². The summed E-state index contributed by atoms with van der Waals surface area (Å²) in [5.74, 6) is -0.217. The first kappa shape index (κ1) is 16.4. The summed E-state index contributed by atoms with van der Waals surface area (Å²) in [5, 5.41) is 3.08. The van der Waals surface area contributed by atoms with E-state index in [-0.39, 0.29) is 12.0 Å². The Kier molecular flexibility index (Phi) is 8.17. The second kappa shape index (κ2) is 8.48. The molecule has 4 heteroatoms. The Balaban J connectivity index is 3.58. The molecule has 102 valence electrons. The molecule has 0 aliphatic carbocycles. The zero-order valence-corrected chi connectivity index (χ0v) is 11.8. The number of hydrogen-bond acceptors (Lipinski definition) is 4. The number of hydrogen-bond donors (Lipinski definition) is 1. The molecule has 0 aliphatic rings. The van der Waals surface area contributed by atoms with Gasteiger partial charge in [0.15, 0.2) is 0 Å². The molecule has 1 N–H and O–H groups in total. The van der Waals surface area contributed by atoms with E-state index < -0.39 is 5.60 Å². The molecular weight excluding hydrogens is 218 g/mol. The topological polar surface area (TPSA) is 47.6 Å². The van der Waals surface area contributed by atoms with Crippen LogP contribution in [-0.4, -0.2) is 37.4 Å². The van der Waals surface area contributed by atoms with Gasteiger partial charge >= 0.3 is 5.97 Å². The van der Waals surface area contributed by atoms with Crippen LogP contribution in [0.5, 0.6) is 0 Å². The Morgan fingerprint density at radius 3 is 2.47 bits per heavy atom. The van der Waals surface area contributed by atoms with Crippen LogP contribution in [0.25, 0.3) is 0 Å². The van der Waals surface area contributed by atoms with Crippen LogP contribution in [0.4, 0.5) is 0 Å². The van der Waals surface area contributed by atoms with Crippen molar-refractivity contribution < 1.29 is 14.3 Å². The van der Waals surface area contributed by atoms with Crippen LogP contribution in [-0.2, 0) is 14.3 Å². The summed E-state index contributed by atoms with van der Waals surface area (Å²) in [4.78, 5) is 11.6. The van der Waals surface area contributed by atoms with E-state index in [9.17, 15) is 4.79 Å². The Hall–Kier alpha value is -0.610. The minimum Gasteiger partial charge on any atom is -0.459 e. The molecule has 0 radical (unpaired) electrons. The van der Waals surface area contributed by atoms with Crippen molar-refractivity contribution in [1.82, 2.24) is 5.32 Å². The normalized spacial score (nSPS) is 13.5.